The van der Waals surface area contributed by atoms with Crippen molar-refractivity contribution in [1.29, 1.82) is 0 Å². The molecule has 0 aliphatic rings. The molecule has 0 aliphatic carbocycles. The van der Waals surface area contributed by atoms with Crippen LogP contribution in [0.1, 0.15) is 41.0 Å². The Labute approximate surface area is 101 Å². The summed E-state index contributed by atoms with van der Waals surface area (Å²) in [6.45, 7) is 8.84. The Morgan fingerprint density at radius 1 is 1.27 bits per heavy atom. The minimum absolute atomic E-state index is 0.0270. The Balaban J connectivity index is 5.40. The van der Waals surface area contributed by atoms with E-state index in [0.29, 0.717) is 6.42 Å². The fourth-order valence-electron chi connectivity index (χ4n) is 1.47. The van der Waals surface area contributed by atoms with Gasteiger partial charge in [-0.05, 0) is 11.8 Å². The van der Waals surface area contributed by atoms with Crippen molar-refractivity contribution in [1.82, 2.24) is 0 Å². The van der Waals surface area contributed by atoms with Gasteiger partial charge in [-0.15, -0.1) is 0 Å². The van der Waals surface area contributed by atoms with Gasteiger partial charge in [0.05, 0.1) is 6.10 Å². The van der Waals surface area contributed by atoms with E-state index in [1.54, 1.807) is 13.8 Å². The van der Waals surface area contributed by atoms with Gasteiger partial charge in [0.1, 0.15) is 0 Å². The topological polar surface area (TPSA) is 54.4 Å². The van der Waals surface area contributed by atoms with Crippen LogP contribution in [0, 0.1) is 5.41 Å². The zero-order chi connectivity index (χ0) is 12.5. The highest BCUT2D eigenvalue weighted by Crippen LogP contribution is 2.41. The maximum absolute atomic E-state index is 11.9. The van der Waals surface area contributed by atoms with Crippen LogP contribution in [0.3, 0.4) is 0 Å². The van der Waals surface area contributed by atoms with Gasteiger partial charge in [0, 0.05) is 5.75 Å². The van der Waals surface area contributed by atoms with Crippen molar-refractivity contribution in [2.24, 2.45) is 5.41 Å². The van der Waals surface area contributed by atoms with E-state index < -0.39 is 25.0 Å². The predicted octanol–water partition coefficient (Wildman–Crippen LogP) is 2.33. The van der Waals surface area contributed by atoms with E-state index in [0.717, 1.165) is 0 Å². The fraction of sp³-hybridized carbons (Fsp3) is 1.00. The SMILES string of the molecule is CC[C@](Br)([C@@H](O)C(C)(C)C)S(=O)(=O)CC. The summed E-state index contributed by atoms with van der Waals surface area (Å²) in [5.41, 5.74) is -0.470. The van der Waals surface area contributed by atoms with Gasteiger partial charge in [0.2, 0.25) is 0 Å². The van der Waals surface area contributed by atoms with Crippen molar-refractivity contribution in [2.45, 2.75) is 50.8 Å². The standard InChI is InChI=1S/C10H21BrO3S/c1-6-10(11,15(13,14)7-2)8(12)9(3,4)5/h8,12H,6-7H2,1-5H3/t8-,10+/m0/s1. The summed E-state index contributed by atoms with van der Waals surface area (Å²) in [4.78, 5) is 0. The Morgan fingerprint density at radius 2 is 1.67 bits per heavy atom. The van der Waals surface area contributed by atoms with E-state index in [9.17, 15) is 13.5 Å². The summed E-state index contributed by atoms with van der Waals surface area (Å²) in [5.74, 6) is 0.0270. The lowest BCUT2D eigenvalue weighted by atomic mass is 9.86. The molecule has 15 heavy (non-hydrogen) atoms. The number of alkyl halides is 1. The second-order valence-electron chi connectivity index (χ2n) is 4.81. The molecular formula is C10H21BrO3S. The zero-order valence-electron chi connectivity index (χ0n) is 10.0. The lowest BCUT2D eigenvalue weighted by Gasteiger charge is -2.38. The van der Waals surface area contributed by atoms with Crippen LogP contribution in [0.4, 0.5) is 0 Å². The number of hydrogen-bond donors (Lipinski definition) is 1. The number of halogens is 1. The molecule has 0 saturated heterocycles. The molecule has 0 rings (SSSR count). The molecule has 0 bridgehead atoms. The third-order valence-electron chi connectivity index (χ3n) is 2.61. The van der Waals surface area contributed by atoms with E-state index in [1.165, 1.54) is 0 Å². The first kappa shape index (κ1) is 15.4. The van der Waals surface area contributed by atoms with Gasteiger partial charge in [-0.2, -0.15) is 0 Å². The lowest BCUT2D eigenvalue weighted by molar-refractivity contribution is 0.0508. The second kappa shape index (κ2) is 4.72. The fourth-order valence-corrected chi connectivity index (χ4v) is 4.46. The normalized spacial score (nSPS) is 19.7. The summed E-state index contributed by atoms with van der Waals surface area (Å²) in [7, 11) is -3.33. The quantitative estimate of drug-likeness (QED) is 0.811. The molecule has 0 aromatic heterocycles. The van der Waals surface area contributed by atoms with Crippen molar-refractivity contribution < 1.29 is 13.5 Å². The minimum atomic E-state index is -3.33. The van der Waals surface area contributed by atoms with E-state index in [-0.39, 0.29) is 5.75 Å². The first-order valence-electron chi connectivity index (χ1n) is 5.12. The third-order valence-corrected chi connectivity index (χ3v) is 7.39. The second-order valence-corrected chi connectivity index (χ2v) is 9.29. The average Bonchev–Trinajstić information content (AvgIpc) is 2.13. The molecule has 5 heteroatoms. The highest BCUT2D eigenvalue weighted by Gasteiger charge is 2.49. The smallest absolute Gasteiger partial charge is 0.168 e. The van der Waals surface area contributed by atoms with Gasteiger partial charge in [0.15, 0.2) is 13.5 Å². The first-order valence-corrected chi connectivity index (χ1v) is 7.56. The Kier molecular flexibility index (Phi) is 4.84. The largest absolute Gasteiger partial charge is 0.390 e. The van der Waals surface area contributed by atoms with Crippen LogP contribution in [0.15, 0.2) is 0 Å². The number of sulfone groups is 1. The monoisotopic (exact) mass is 300 g/mol. The van der Waals surface area contributed by atoms with E-state index >= 15 is 0 Å². The van der Waals surface area contributed by atoms with Gasteiger partial charge in [-0.1, -0.05) is 50.5 Å². The predicted molar refractivity (Wildman–Crippen MR) is 66.9 cm³/mol. The van der Waals surface area contributed by atoms with Crippen molar-refractivity contribution in [2.75, 3.05) is 5.75 Å². The molecule has 0 radical (unpaired) electrons. The van der Waals surface area contributed by atoms with Gasteiger partial charge >= 0.3 is 0 Å². The van der Waals surface area contributed by atoms with Crippen LogP contribution in [-0.2, 0) is 9.84 Å². The summed E-state index contributed by atoms with van der Waals surface area (Å²) in [6.07, 6.45) is -0.582. The van der Waals surface area contributed by atoms with E-state index in [1.807, 2.05) is 20.8 Å². The van der Waals surface area contributed by atoms with Gasteiger partial charge in [-0.3, -0.25) is 0 Å². The molecule has 0 saturated carbocycles. The van der Waals surface area contributed by atoms with E-state index in [2.05, 4.69) is 15.9 Å². The van der Waals surface area contributed by atoms with Crippen LogP contribution in [0.25, 0.3) is 0 Å². The summed E-state index contributed by atoms with van der Waals surface area (Å²) in [5, 5.41) is 10.1. The summed E-state index contributed by atoms with van der Waals surface area (Å²) >= 11 is 3.23. The first-order chi connectivity index (χ1) is 6.53. The molecule has 3 nitrogen and oxygen atoms in total. The Bertz CT molecular complexity index is 305. The number of aliphatic hydroxyl groups excluding tert-OH is 1. The van der Waals surface area contributed by atoms with Crippen molar-refractivity contribution >= 4 is 25.8 Å². The molecule has 0 aromatic carbocycles. The molecule has 0 unspecified atom stereocenters. The molecule has 1 N–H and O–H groups in total. The van der Waals surface area contributed by atoms with Crippen LogP contribution < -0.4 is 0 Å². The average molecular weight is 301 g/mol. The summed E-state index contributed by atoms with van der Waals surface area (Å²) < 4.78 is 22.6. The molecule has 2 atom stereocenters. The molecule has 0 aliphatic heterocycles. The van der Waals surface area contributed by atoms with Gasteiger partial charge < -0.3 is 5.11 Å². The molecule has 92 valence electrons. The minimum Gasteiger partial charge on any atom is -0.390 e. The maximum Gasteiger partial charge on any atom is 0.168 e. The lowest BCUT2D eigenvalue weighted by Crippen LogP contribution is -2.50. The van der Waals surface area contributed by atoms with Gasteiger partial charge in [-0.25, -0.2) is 8.42 Å². The highest BCUT2D eigenvalue weighted by atomic mass is 79.9. The highest BCUT2D eigenvalue weighted by molar-refractivity contribution is 9.11. The molecule has 0 heterocycles. The van der Waals surface area contributed by atoms with Crippen LogP contribution in [0.5, 0.6) is 0 Å². The van der Waals surface area contributed by atoms with Crippen molar-refractivity contribution in [3.05, 3.63) is 0 Å². The molecule has 0 fully saturated rings. The Morgan fingerprint density at radius 3 is 1.87 bits per heavy atom. The Hall–Kier alpha value is 0.390. The van der Waals surface area contributed by atoms with Crippen LogP contribution in [0.2, 0.25) is 0 Å². The van der Waals surface area contributed by atoms with Crippen LogP contribution in [-0.4, -0.2) is 29.0 Å². The van der Waals surface area contributed by atoms with E-state index in [4.69, 9.17) is 0 Å². The number of hydrogen-bond acceptors (Lipinski definition) is 3. The molecular weight excluding hydrogens is 280 g/mol. The zero-order valence-corrected chi connectivity index (χ0v) is 12.4. The summed E-state index contributed by atoms with van der Waals surface area (Å²) in [6, 6.07) is 0. The molecule has 0 aromatic rings. The van der Waals surface area contributed by atoms with Gasteiger partial charge in [0.25, 0.3) is 0 Å². The molecule has 0 spiro atoms. The van der Waals surface area contributed by atoms with Crippen LogP contribution >= 0.6 is 15.9 Å². The van der Waals surface area contributed by atoms with Crippen molar-refractivity contribution in [3.63, 3.8) is 0 Å². The maximum atomic E-state index is 11.9. The number of rotatable bonds is 4. The number of aliphatic hydroxyl groups is 1. The third kappa shape index (κ3) is 2.94. The molecule has 0 amide bonds. The van der Waals surface area contributed by atoms with Crippen molar-refractivity contribution in [3.8, 4) is 0 Å².